The van der Waals surface area contributed by atoms with Crippen molar-refractivity contribution in [1.82, 2.24) is 0 Å². The number of halogens is 1. The summed E-state index contributed by atoms with van der Waals surface area (Å²) in [6.07, 6.45) is 0. The van der Waals surface area contributed by atoms with Crippen LogP contribution in [-0.4, -0.2) is 36.8 Å². The van der Waals surface area contributed by atoms with E-state index in [1.165, 1.54) is 0 Å². The summed E-state index contributed by atoms with van der Waals surface area (Å²) in [5.74, 6) is 0.201. The van der Waals surface area contributed by atoms with E-state index in [1.807, 2.05) is 0 Å². The van der Waals surface area contributed by atoms with Crippen LogP contribution in [0.2, 0.25) is 0 Å². The summed E-state index contributed by atoms with van der Waals surface area (Å²) in [5, 5.41) is 0. The molecule has 0 rings (SSSR count). The van der Waals surface area contributed by atoms with Crippen LogP contribution >= 0.6 is 11.6 Å². The molecular weight excluding hydrogens is 98.5 g/mol. The van der Waals surface area contributed by atoms with Crippen LogP contribution < -0.4 is 0 Å². The number of hydrogen-bond donors (Lipinski definition) is 0. The minimum absolute atomic E-state index is 0.159. The van der Waals surface area contributed by atoms with Gasteiger partial charge in [-0.15, -0.1) is 0 Å². The van der Waals surface area contributed by atoms with Crippen LogP contribution in [0, 0.1) is 0 Å². The third-order valence-electron chi connectivity index (χ3n) is 0.188. The van der Waals surface area contributed by atoms with E-state index in [0.29, 0.717) is 27.9 Å². The van der Waals surface area contributed by atoms with Gasteiger partial charge in [0.25, 0.3) is 0 Å². The summed E-state index contributed by atoms with van der Waals surface area (Å²) in [6, 6.07) is 0. The molecule has 0 spiro atoms. The van der Waals surface area contributed by atoms with Crippen LogP contribution in [-0.2, 0) is 4.79 Å². The number of alkyl halides is 1. The molecule has 1 nitrogen and oxygen atoms in total. The molecule has 0 aliphatic carbocycles. The molecule has 0 unspecified atom stereocenters. The van der Waals surface area contributed by atoms with E-state index >= 15 is 0 Å². The molecule has 0 fully saturated rings. The van der Waals surface area contributed by atoms with Crippen LogP contribution in [0.5, 0.6) is 0 Å². The van der Waals surface area contributed by atoms with Crippen molar-refractivity contribution in [3.8, 4) is 0 Å². The van der Waals surface area contributed by atoms with Gasteiger partial charge in [0.1, 0.15) is 0 Å². The standard InChI is InChI=1S/C2H2ClO.Na/c3-1-2-4;/h1H2;. The van der Waals surface area contributed by atoms with E-state index < -0.39 is 0 Å². The molecule has 5 heavy (non-hydrogen) atoms. The molecule has 24 valence electrons. The van der Waals surface area contributed by atoms with Gasteiger partial charge in [0.2, 0.25) is 0 Å². The zero-order chi connectivity index (χ0) is 4.28. The molecule has 0 radical (unpaired) electrons. The predicted octanol–water partition coefficient (Wildman–Crippen LogP) is -0.0797. The topological polar surface area (TPSA) is 17.1 Å². The van der Waals surface area contributed by atoms with Crippen LogP contribution in [0.3, 0.4) is 0 Å². The van der Waals surface area contributed by atoms with E-state index in [4.69, 9.17) is 11.6 Å². The third kappa shape index (κ3) is 4.96. The molecule has 0 saturated heterocycles. The Morgan fingerprint density at radius 3 is 2.20 bits per heavy atom. The maximum absolute atomic E-state index is 9.74. The van der Waals surface area contributed by atoms with Crippen molar-refractivity contribution >= 4 is 42.6 Å². The zero-order valence-corrected chi connectivity index (χ0v) is 5.75. The molecule has 0 aliphatic rings. The second-order valence-electron chi connectivity index (χ2n) is 0.836. The second kappa shape index (κ2) is 3.16. The monoisotopic (exact) mass is 100.0 g/mol. The molecule has 0 saturated carbocycles. The van der Waals surface area contributed by atoms with E-state index in [2.05, 4.69) is 0 Å². The fraction of sp³-hybridized carbons (Fsp3) is 0.500. The summed E-state index contributed by atoms with van der Waals surface area (Å²) in [7, 11) is 0. The first-order valence-corrected chi connectivity index (χ1v) is 2.86. The quantitative estimate of drug-likeness (QED) is 0.333. The molecule has 0 atom stereocenters. The number of hydrogen-bond acceptors (Lipinski definition) is 1. The number of carbonyl (C=O) groups excluding carboxylic acids is 1. The number of carbonyl (C=O) groups is 1. The molecule has 0 N–H and O–H groups in total. The third-order valence-corrected chi connectivity index (χ3v) is 1.37. The first-order chi connectivity index (χ1) is 2.27. The summed E-state index contributed by atoms with van der Waals surface area (Å²) in [5.41, 5.74) is 0. The Bertz CT molecular complexity index is 44.9. The van der Waals surface area contributed by atoms with Gasteiger partial charge in [-0.25, -0.2) is 0 Å². The summed E-state index contributed by atoms with van der Waals surface area (Å²) in [4.78, 5) is 9.74. The van der Waals surface area contributed by atoms with Crippen LogP contribution in [0.25, 0.3) is 0 Å². The molecular formula is C2H2ClNaO. The van der Waals surface area contributed by atoms with Gasteiger partial charge in [0, 0.05) is 0 Å². The molecule has 0 amide bonds. The molecule has 0 aromatic rings. The fourth-order valence-corrected chi connectivity index (χ4v) is 0. The van der Waals surface area contributed by atoms with Gasteiger partial charge in [-0.2, -0.15) is 0 Å². The number of rotatable bonds is 1. The molecule has 3 heteroatoms. The maximum atomic E-state index is 9.74. The van der Waals surface area contributed by atoms with Crippen molar-refractivity contribution < 1.29 is 4.79 Å². The van der Waals surface area contributed by atoms with Crippen molar-refractivity contribution in [3.05, 3.63) is 0 Å². The van der Waals surface area contributed by atoms with Gasteiger partial charge in [0.15, 0.2) is 0 Å². The van der Waals surface area contributed by atoms with Crippen molar-refractivity contribution in [2.75, 3.05) is 5.88 Å². The Balaban J connectivity index is 2.85. The molecule has 0 aromatic heterocycles. The van der Waals surface area contributed by atoms with E-state index in [0.717, 1.165) is 0 Å². The Kier molecular flexibility index (Phi) is 3.77. The van der Waals surface area contributed by atoms with Crippen molar-refractivity contribution in [1.29, 1.82) is 0 Å². The van der Waals surface area contributed by atoms with Crippen LogP contribution in [0.4, 0.5) is 0 Å². The average molecular weight is 100 g/mol. The summed E-state index contributed by atoms with van der Waals surface area (Å²) in [6.45, 7) is 0. The van der Waals surface area contributed by atoms with E-state index in [1.54, 1.807) is 0 Å². The van der Waals surface area contributed by atoms with Crippen LogP contribution in [0.1, 0.15) is 0 Å². The van der Waals surface area contributed by atoms with E-state index in [9.17, 15) is 4.79 Å². The van der Waals surface area contributed by atoms with Gasteiger partial charge in [-0.1, -0.05) is 0 Å². The Morgan fingerprint density at radius 1 is 2.00 bits per heavy atom. The van der Waals surface area contributed by atoms with Gasteiger partial charge in [-0.05, 0) is 0 Å². The zero-order valence-electron chi connectivity index (χ0n) is 2.99. The van der Waals surface area contributed by atoms with Crippen LogP contribution in [0.15, 0.2) is 0 Å². The van der Waals surface area contributed by atoms with E-state index in [-0.39, 0.29) is 8.91 Å². The van der Waals surface area contributed by atoms with Gasteiger partial charge in [0.05, 0.1) is 0 Å². The van der Waals surface area contributed by atoms with Crippen molar-refractivity contribution in [2.45, 2.75) is 0 Å². The summed E-state index contributed by atoms with van der Waals surface area (Å²) < 4.78 is 0.159. The fourth-order valence-electron chi connectivity index (χ4n) is 0. The SMILES string of the molecule is O=[C]([Na])CCl. The first-order valence-electron chi connectivity index (χ1n) is 1.32. The molecule has 0 aromatic carbocycles. The Hall–Kier alpha value is 0.960. The second-order valence-corrected chi connectivity index (χ2v) is 2.22. The predicted molar refractivity (Wildman–Crippen MR) is 21.5 cm³/mol. The Morgan fingerprint density at radius 2 is 2.20 bits per heavy atom. The molecule has 0 heterocycles. The van der Waals surface area contributed by atoms with Gasteiger partial charge < -0.3 is 0 Å². The first kappa shape index (κ1) is 5.96. The molecule has 0 bridgehead atoms. The molecule has 0 aliphatic heterocycles. The van der Waals surface area contributed by atoms with Gasteiger partial charge >= 0.3 is 53.2 Å². The van der Waals surface area contributed by atoms with Crippen molar-refractivity contribution in [2.24, 2.45) is 0 Å². The Labute approximate surface area is 53.1 Å². The van der Waals surface area contributed by atoms with Gasteiger partial charge in [-0.3, -0.25) is 0 Å². The summed E-state index contributed by atoms with van der Waals surface area (Å²) >= 11 is 5.62. The minimum atomic E-state index is 0.159. The van der Waals surface area contributed by atoms with Crippen molar-refractivity contribution in [3.63, 3.8) is 0 Å². The normalized spacial score (nSPS) is 7.80. The average Bonchev–Trinajstić information content (AvgIpc) is 1.38.